The first kappa shape index (κ1) is 20.7. The van der Waals surface area contributed by atoms with Gasteiger partial charge in [0.15, 0.2) is 0 Å². The molecule has 0 spiro atoms. The van der Waals surface area contributed by atoms with Crippen molar-refractivity contribution >= 4 is 40.6 Å². The molecule has 1 N–H and O–H groups in total. The van der Waals surface area contributed by atoms with Crippen molar-refractivity contribution in [2.45, 2.75) is 37.9 Å². The summed E-state index contributed by atoms with van der Waals surface area (Å²) in [5.74, 6) is 1.60. The van der Waals surface area contributed by atoms with Crippen molar-refractivity contribution < 1.29 is 14.3 Å². The SMILES string of the molecule is CCOc1ccc(CNC(=O)CN2C(=O)CSc3sc(CC(C)C)cc32)cc1. The molecule has 0 fully saturated rings. The molecule has 5 nitrogen and oxygen atoms in total. The van der Waals surface area contributed by atoms with Gasteiger partial charge in [-0.3, -0.25) is 9.59 Å². The monoisotopic (exact) mass is 418 g/mol. The molecule has 150 valence electrons. The van der Waals surface area contributed by atoms with Crippen LogP contribution in [0.15, 0.2) is 34.5 Å². The lowest BCUT2D eigenvalue weighted by atomic mass is 10.1. The summed E-state index contributed by atoms with van der Waals surface area (Å²) in [7, 11) is 0. The van der Waals surface area contributed by atoms with Gasteiger partial charge in [-0.1, -0.05) is 26.0 Å². The second-order valence-corrected chi connectivity index (χ2v) is 9.49. The number of fused-ring (bicyclic) bond motifs is 1. The summed E-state index contributed by atoms with van der Waals surface area (Å²) in [6.07, 6.45) is 0.990. The first-order chi connectivity index (χ1) is 13.5. The van der Waals surface area contributed by atoms with Crippen molar-refractivity contribution in [3.05, 3.63) is 40.8 Å². The fraction of sp³-hybridized carbons (Fsp3) is 0.429. The number of anilines is 1. The van der Waals surface area contributed by atoms with Gasteiger partial charge in [-0.2, -0.15) is 0 Å². The van der Waals surface area contributed by atoms with Crippen molar-refractivity contribution in [1.82, 2.24) is 5.32 Å². The topological polar surface area (TPSA) is 58.6 Å². The summed E-state index contributed by atoms with van der Waals surface area (Å²) in [5.41, 5.74) is 1.88. The molecule has 0 aliphatic carbocycles. The fourth-order valence-corrected chi connectivity index (χ4v) is 5.55. The van der Waals surface area contributed by atoms with E-state index >= 15 is 0 Å². The molecule has 1 aromatic heterocycles. The second kappa shape index (κ2) is 9.47. The number of ether oxygens (including phenoxy) is 1. The molecule has 0 bridgehead atoms. The molecule has 0 saturated heterocycles. The first-order valence-corrected chi connectivity index (χ1v) is 11.3. The molecule has 1 aromatic carbocycles. The summed E-state index contributed by atoms with van der Waals surface area (Å²) in [4.78, 5) is 27.8. The quantitative estimate of drug-likeness (QED) is 0.701. The standard InChI is InChI=1S/C21H26N2O3S2/c1-4-26-16-7-5-15(6-8-16)11-22-19(24)12-23-18-10-17(9-14(2)3)28-21(18)27-13-20(23)25/h5-8,10,14H,4,9,11-13H2,1-3H3,(H,22,24). The fourth-order valence-electron chi connectivity index (χ4n) is 2.99. The number of thiophene rings is 1. The molecule has 28 heavy (non-hydrogen) atoms. The zero-order valence-electron chi connectivity index (χ0n) is 16.5. The minimum Gasteiger partial charge on any atom is -0.494 e. The highest BCUT2D eigenvalue weighted by Gasteiger charge is 2.28. The maximum absolute atomic E-state index is 12.5. The predicted molar refractivity (Wildman–Crippen MR) is 115 cm³/mol. The molecule has 1 aliphatic heterocycles. The number of rotatable bonds is 8. The van der Waals surface area contributed by atoms with Crippen LogP contribution in [0.5, 0.6) is 5.75 Å². The average molecular weight is 419 g/mol. The van der Waals surface area contributed by atoms with E-state index in [4.69, 9.17) is 4.74 Å². The molecular weight excluding hydrogens is 392 g/mol. The van der Waals surface area contributed by atoms with E-state index in [0.717, 1.165) is 27.6 Å². The summed E-state index contributed by atoms with van der Waals surface area (Å²) in [6, 6.07) is 9.73. The lowest BCUT2D eigenvalue weighted by Gasteiger charge is -2.25. The van der Waals surface area contributed by atoms with E-state index < -0.39 is 0 Å². The highest BCUT2D eigenvalue weighted by atomic mass is 32.2. The van der Waals surface area contributed by atoms with E-state index in [0.29, 0.717) is 24.8 Å². The van der Waals surface area contributed by atoms with E-state index in [1.54, 1.807) is 28.0 Å². The molecular formula is C21H26N2O3S2. The van der Waals surface area contributed by atoms with Gasteiger partial charge < -0.3 is 15.0 Å². The van der Waals surface area contributed by atoms with Gasteiger partial charge in [-0.15, -0.1) is 23.1 Å². The number of benzene rings is 1. The third kappa shape index (κ3) is 5.29. The van der Waals surface area contributed by atoms with Crippen molar-refractivity contribution in [1.29, 1.82) is 0 Å². The molecule has 7 heteroatoms. The summed E-state index contributed by atoms with van der Waals surface area (Å²) in [5, 5.41) is 2.91. The lowest BCUT2D eigenvalue weighted by Crippen LogP contribution is -2.42. The highest BCUT2D eigenvalue weighted by Crippen LogP contribution is 2.42. The van der Waals surface area contributed by atoms with E-state index in [1.807, 2.05) is 31.2 Å². The van der Waals surface area contributed by atoms with Gasteiger partial charge in [-0.05, 0) is 43.0 Å². The zero-order valence-corrected chi connectivity index (χ0v) is 18.1. The summed E-state index contributed by atoms with van der Waals surface area (Å²) < 4.78 is 6.56. The number of hydrogen-bond donors (Lipinski definition) is 1. The van der Waals surface area contributed by atoms with Gasteiger partial charge in [0, 0.05) is 11.4 Å². The molecule has 0 radical (unpaired) electrons. The Morgan fingerprint density at radius 1 is 1.29 bits per heavy atom. The van der Waals surface area contributed by atoms with Crippen LogP contribution in [-0.4, -0.2) is 30.7 Å². The Hall–Kier alpha value is -1.99. The highest BCUT2D eigenvalue weighted by molar-refractivity contribution is 8.02. The van der Waals surface area contributed by atoms with E-state index in [-0.39, 0.29) is 18.4 Å². The van der Waals surface area contributed by atoms with Crippen LogP contribution < -0.4 is 15.0 Å². The Balaban J connectivity index is 1.60. The zero-order chi connectivity index (χ0) is 20.1. The van der Waals surface area contributed by atoms with Crippen LogP contribution in [0.4, 0.5) is 5.69 Å². The Labute approximate surface area is 174 Å². The van der Waals surface area contributed by atoms with Gasteiger partial charge in [-0.25, -0.2) is 0 Å². The van der Waals surface area contributed by atoms with Crippen LogP contribution in [-0.2, 0) is 22.6 Å². The second-order valence-electron chi connectivity index (χ2n) is 7.11. The van der Waals surface area contributed by atoms with Gasteiger partial charge in [0.1, 0.15) is 12.3 Å². The average Bonchev–Trinajstić information content (AvgIpc) is 3.06. The summed E-state index contributed by atoms with van der Waals surface area (Å²) in [6.45, 7) is 7.42. The third-order valence-corrected chi connectivity index (χ3v) is 6.69. The Kier molecular flexibility index (Phi) is 7.02. The maximum atomic E-state index is 12.5. The number of nitrogens with one attached hydrogen (secondary N) is 1. The van der Waals surface area contributed by atoms with Crippen LogP contribution in [0.25, 0.3) is 0 Å². The first-order valence-electron chi connectivity index (χ1n) is 9.50. The van der Waals surface area contributed by atoms with Crippen LogP contribution in [0.3, 0.4) is 0 Å². The predicted octanol–water partition coefficient (Wildman–Crippen LogP) is 4.10. The maximum Gasteiger partial charge on any atom is 0.240 e. The number of hydrogen-bond acceptors (Lipinski definition) is 5. The molecule has 0 atom stereocenters. The van der Waals surface area contributed by atoms with E-state index in [1.165, 1.54) is 4.88 Å². The van der Waals surface area contributed by atoms with E-state index in [2.05, 4.69) is 25.2 Å². The normalized spacial score (nSPS) is 13.6. The largest absolute Gasteiger partial charge is 0.494 e. The van der Waals surface area contributed by atoms with Crippen LogP contribution in [0, 0.1) is 5.92 Å². The lowest BCUT2D eigenvalue weighted by molar-refractivity contribution is -0.123. The van der Waals surface area contributed by atoms with Crippen molar-refractivity contribution in [3.8, 4) is 5.75 Å². The smallest absolute Gasteiger partial charge is 0.240 e. The number of thioether (sulfide) groups is 1. The van der Waals surface area contributed by atoms with Crippen LogP contribution in [0.1, 0.15) is 31.2 Å². The van der Waals surface area contributed by atoms with Gasteiger partial charge in [0.25, 0.3) is 0 Å². The van der Waals surface area contributed by atoms with Gasteiger partial charge in [0.2, 0.25) is 11.8 Å². The molecule has 2 aromatic rings. The number of nitrogens with zero attached hydrogens (tertiary/aromatic N) is 1. The molecule has 3 rings (SSSR count). The minimum absolute atomic E-state index is 0.0115. The molecule has 2 heterocycles. The van der Waals surface area contributed by atoms with Crippen molar-refractivity contribution in [2.24, 2.45) is 5.92 Å². The number of carbonyl (C=O) groups is 2. The minimum atomic E-state index is -0.156. The molecule has 2 amide bonds. The number of carbonyl (C=O) groups excluding carboxylic acids is 2. The van der Waals surface area contributed by atoms with E-state index in [9.17, 15) is 9.59 Å². The summed E-state index contributed by atoms with van der Waals surface area (Å²) >= 11 is 3.31. The molecule has 1 aliphatic rings. The number of amides is 2. The van der Waals surface area contributed by atoms with Crippen molar-refractivity contribution in [3.63, 3.8) is 0 Å². The van der Waals surface area contributed by atoms with Crippen LogP contribution in [0.2, 0.25) is 0 Å². The third-order valence-electron chi connectivity index (χ3n) is 4.28. The van der Waals surface area contributed by atoms with Crippen LogP contribution >= 0.6 is 23.1 Å². The Morgan fingerprint density at radius 2 is 2.04 bits per heavy atom. The Morgan fingerprint density at radius 3 is 2.71 bits per heavy atom. The molecule has 0 saturated carbocycles. The van der Waals surface area contributed by atoms with Gasteiger partial charge in [0.05, 0.1) is 22.3 Å². The van der Waals surface area contributed by atoms with Crippen molar-refractivity contribution in [2.75, 3.05) is 23.8 Å². The Bertz CT molecular complexity index is 831. The molecule has 0 unspecified atom stereocenters. The van der Waals surface area contributed by atoms with Gasteiger partial charge >= 0.3 is 0 Å².